The second-order valence-corrected chi connectivity index (χ2v) is 6.62. The molecule has 0 radical (unpaired) electrons. The lowest BCUT2D eigenvalue weighted by molar-refractivity contribution is -0.139. The molecule has 3 aromatic carbocycles. The maximum Gasteiger partial charge on any atom is 0.412 e. The van der Waals surface area contributed by atoms with Crippen molar-refractivity contribution in [1.29, 1.82) is 0 Å². The number of ether oxygens (including phenoxy) is 4. The number of rotatable bonds is 11. The van der Waals surface area contributed by atoms with Gasteiger partial charge in [0.2, 0.25) is 0 Å². The average molecular weight is 439 g/mol. The molecule has 8 nitrogen and oxygen atoms in total. The summed E-state index contributed by atoms with van der Waals surface area (Å²) in [5.41, 5.74) is 0. The molecule has 0 bridgehead atoms. The number of aliphatic hydroxyl groups is 1. The number of hydrogen-bond acceptors (Lipinski definition) is 7. The van der Waals surface area contributed by atoms with Crippen molar-refractivity contribution >= 4 is 33.6 Å². The number of fused-ring (bicyclic) bond motifs is 2. The van der Waals surface area contributed by atoms with E-state index in [1.54, 1.807) is 0 Å². The van der Waals surface area contributed by atoms with Gasteiger partial charge < -0.3 is 29.4 Å². The van der Waals surface area contributed by atoms with E-state index in [2.05, 4.69) is 11.9 Å². The lowest BCUT2D eigenvalue weighted by atomic mass is 10.0. The van der Waals surface area contributed by atoms with Crippen molar-refractivity contribution in [3.05, 3.63) is 61.2 Å². The number of nitrogens with one attached hydrogen (secondary N) is 1. The van der Waals surface area contributed by atoms with E-state index in [0.29, 0.717) is 11.5 Å². The predicted molar refractivity (Wildman–Crippen MR) is 120 cm³/mol. The highest BCUT2D eigenvalue weighted by atomic mass is 16.6. The lowest BCUT2D eigenvalue weighted by Gasteiger charge is -2.17. The van der Waals surface area contributed by atoms with Crippen molar-refractivity contribution in [2.45, 2.75) is 0 Å². The lowest BCUT2D eigenvalue weighted by Crippen LogP contribution is -2.30. The van der Waals surface area contributed by atoms with Crippen LogP contribution in [0.3, 0.4) is 0 Å². The van der Waals surface area contributed by atoms with Crippen LogP contribution >= 0.6 is 0 Å². The molecule has 1 amide bonds. The van der Waals surface area contributed by atoms with Gasteiger partial charge in [0.05, 0.1) is 19.8 Å². The minimum atomic E-state index is -0.619. The normalized spacial score (nSPS) is 10.7. The Balaban J connectivity index is 1.69. The molecule has 0 aliphatic rings. The minimum absolute atomic E-state index is 0.109. The molecule has 0 saturated heterocycles. The van der Waals surface area contributed by atoms with Gasteiger partial charge in [-0.05, 0) is 0 Å². The molecule has 0 saturated carbocycles. The Bertz CT molecular complexity index is 1040. The van der Waals surface area contributed by atoms with Gasteiger partial charge in [0.25, 0.3) is 0 Å². The fourth-order valence-corrected chi connectivity index (χ4v) is 3.18. The van der Waals surface area contributed by atoms with E-state index >= 15 is 0 Å². The third-order valence-corrected chi connectivity index (χ3v) is 4.52. The number of hydrogen-bond donors (Lipinski definition) is 2. The van der Waals surface area contributed by atoms with Crippen LogP contribution < -0.4 is 14.8 Å². The molecule has 0 fully saturated rings. The van der Waals surface area contributed by atoms with Gasteiger partial charge in [0.1, 0.15) is 24.7 Å². The van der Waals surface area contributed by atoms with Crippen molar-refractivity contribution in [3.63, 3.8) is 0 Å². The zero-order valence-corrected chi connectivity index (χ0v) is 17.5. The number of esters is 1. The molecule has 0 heterocycles. The summed E-state index contributed by atoms with van der Waals surface area (Å²) in [5, 5.41) is 14.8. The smallest absolute Gasteiger partial charge is 0.412 e. The van der Waals surface area contributed by atoms with Gasteiger partial charge in [-0.15, -0.1) is 0 Å². The molecular formula is C24H25NO7. The van der Waals surface area contributed by atoms with Gasteiger partial charge in [-0.2, -0.15) is 0 Å². The van der Waals surface area contributed by atoms with Gasteiger partial charge in [-0.3, -0.25) is 0 Å². The molecule has 2 N–H and O–H groups in total. The Kier molecular flexibility index (Phi) is 8.42. The second-order valence-electron chi connectivity index (χ2n) is 6.62. The Morgan fingerprint density at radius 1 is 0.875 bits per heavy atom. The van der Waals surface area contributed by atoms with Crippen molar-refractivity contribution in [1.82, 2.24) is 5.32 Å². The largest absolute Gasteiger partial charge is 0.490 e. The minimum Gasteiger partial charge on any atom is -0.490 e. The first-order chi connectivity index (χ1) is 15.7. The van der Waals surface area contributed by atoms with E-state index in [-0.39, 0.29) is 39.6 Å². The average Bonchev–Trinajstić information content (AvgIpc) is 2.82. The SMILES string of the molecule is C=CC(=O)OCCOCCNC(=O)Oc1c2ccccc2c(OCCO)c2ccccc12. The summed E-state index contributed by atoms with van der Waals surface area (Å²) in [6.07, 6.45) is 0.460. The zero-order chi connectivity index (χ0) is 22.8. The maximum absolute atomic E-state index is 12.4. The van der Waals surface area contributed by atoms with Gasteiger partial charge in [-0.1, -0.05) is 55.1 Å². The molecule has 0 aliphatic carbocycles. The van der Waals surface area contributed by atoms with Crippen LogP contribution in [0.5, 0.6) is 11.5 Å². The van der Waals surface area contributed by atoms with Crippen molar-refractivity contribution < 1.29 is 33.6 Å². The molecule has 0 spiro atoms. The summed E-state index contributed by atoms with van der Waals surface area (Å²) in [4.78, 5) is 23.4. The number of benzene rings is 3. The summed E-state index contributed by atoms with van der Waals surface area (Å²) in [7, 11) is 0. The van der Waals surface area contributed by atoms with Gasteiger partial charge in [0.15, 0.2) is 0 Å². The highest BCUT2D eigenvalue weighted by Crippen LogP contribution is 2.42. The molecule has 32 heavy (non-hydrogen) atoms. The monoisotopic (exact) mass is 439 g/mol. The van der Waals surface area contributed by atoms with Gasteiger partial charge in [-0.25, -0.2) is 9.59 Å². The fourth-order valence-electron chi connectivity index (χ4n) is 3.18. The van der Waals surface area contributed by atoms with Crippen LogP contribution in [0.25, 0.3) is 21.5 Å². The van der Waals surface area contributed by atoms with E-state index in [0.717, 1.165) is 27.6 Å². The molecule has 0 unspecified atom stereocenters. The number of aliphatic hydroxyl groups excluding tert-OH is 1. The molecular weight excluding hydrogens is 414 g/mol. The molecule has 3 rings (SSSR count). The van der Waals surface area contributed by atoms with Crippen LogP contribution in [0.4, 0.5) is 4.79 Å². The molecule has 0 atom stereocenters. The van der Waals surface area contributed by atoms with E-state index in [1.165, 1.54) is 0 Å². The van der Waals surface area contributed by atoms with Gasteiger partial charge >= 0.3 is 12.1 Å². The van der Waals surface area contributed by atoms with Crippen molar-refractivity contribution in [2.24, 2.45) is 0 Å². The topological polar surface area (TPSA) is 103 Å². The number of amides is 1. The van der Waals surface area contributed by atoms with Crippen molar-refractivity contribution in [3.8, 4) is 11.5 Å². The summed E-state index contributed by atoms with van der Waals surface area (Å²) >= 11 is 0. The van der Waals surface area contributed by atoms with Crippen LogP contribution in [-0.2, 0) is 14.3 Å². The third kappa shape index (κ3) is 5.75. The van der Waals surface area contributed by atoms with E-state index in [9.17, 15) is 14.7 Å². The first-order valence-corrected chi connectivity index (χ1v) is 10.2. The molecule has 168 valence electrons. The highest BCUT2D eigenvalue weighted by molar-refractivity contribution is 6.11. The summed E-state index contributed by atoms with van der Waals surface area (Å²) in [6.45, 7) is 4.12. The molecule has 8 heteroatoms. The van der Waals surface area contributed by atoms with Crippen molar-refractivity contribution in [2.75, 3.05) is 39.6 Å². The Labute approximate surface area is 185 Å². The second kappa shape index (κ2) is 11.7. The fraction of sp³-hybridized carbons (Fsp3) is 0.250. The Hall–Kier alpha value is -3.62. The van der Waals surface area contributed by atoms with Crippen LogP contribution in [0, 0.1) is 0 Å². The van der Waals surface area contributed by atoms with E-state index in [1.807, 2.05) is 48.5 Å². The quantitative estimate of drug-likeness (QED) is 0.205. The first-order valence-electron chi connectivity index (χ1n) is 10.2. The first kappa shape index (κ1) is 23.1. The van der Waals surface area contributed by atoms with E-state index in [4.69, 9.17) is 18.9 Å². The molecule has 3 aromatic rings. The predicted octanol–water partition coefficient (Wildman–Crippen LogP) is 3.20. The summed E-state index contributed by atoms with van der Waals surface area (Å²) in [5.74, 6) is 0.536. The third-order valence-electron chi connectivity index (χ3n) is 4.52. The number of carbonyl (C=O) groups excluding carboxylic acids is 2. The molecule has 0 aromatic heterocycles. The summed E-state index contributed by atoms with van der Waals surface area (Å²) in [6, 6.07) is 14.9. The van der Waals surface area contributed by atoms with Crippen LogP contribution in [0.2, 0.25) is 0 Å². The highest BCUT2D eigenvalue weighted by Gasteiger charge is 2.17. The number of carbonyl (C=O) groups is 2. The maximum atomic E-state index is 12.4. The van der Waals surface area contributed by atoms with Crippen LogP contribution in [0.1, 0.15) is 0 Å². The zero-order valence-electron chi connectivity index (χ0n) is 17.5. The van der Waals surface area contributed by atoms with Crippen LogP contribution in [0.15, 0.2) is 61.2 Å². The van der Waals surface area contributed by atoms with Crippen LogP contribution in [-0.4, -0.2) is 56.7 Å². The van der Waals surface area contributed by atoms with E-state index < -0.39 is 12.1 Å². The Morgan fingerprint density at radius 3 is 2.03 bits per heavy atom. The summed E-state index contributed by atoms with van der Waals surface area (Å²) < 4.78 is 21.6. The van der Waals surface area contributed by atoms with Gasteiger partial charge in [0, 0.05) is 34.2 Å². The molecule has 0 aliphatic heterocycles. The standard InChI is InChI=1S/C24H25NO7/c1-2-21(27)30-16-15-29-13-11-25-24(28)32-23-19-9-5-3-7-17(19)22(31-14-12-26)18-8-4-6-10-20(18)23/h2-10,26H,1,11-16H2,(H,25,28). The Morgan fingerprint density at radius 2 is 1.47 bits per heavy atom.